The molecule has 0 radical (unpaired) electrons. The Morgan fingerprint density at radius 3 is 3.00 bits per heavy atom. The third-order valence-electron chi connectivity index (χ3n) is 2.84. The summed E-state index contributed by atoms with van der Waals surface area (Å²) < 4.78 is 23.7. The van der Waals surface area contributed by atoms with Gasteiger partial charge in [-0.2, -0.15) is 17.0 Å². The quantitative estimate of drug-likeness (QED) is 0.823. The molecule has 102 valence electrons. The van der Waals surface area contributed by atoms with Gasteiger partial charge in [0.2, 0.25) is 0 Å². The van der Waals surface area contributed by atoms with Crippen molar-refractivity contribution in [2.45, 2.75) is 5.37 Å². The minimum absolute atomic E-state index is 0.213. The van der Waals surface area contributed by atoms with E-state index in [0.717, 1.165) is 5.75 Å². The molecular formula is C11H12ClN3O2S2. The number of nitrogens with zero attached hydrogens (tertiary/aromatic N) is 3. The zero-order chi connectivity index (χ0) is 14.0. The molecule has 1 saturated heterocycles. The lowest BCUT2D eigenvalue weighted by Crippen LogP contribution is -2.47. The van der Waals surface area contributed by atoms with Gasteiger partial charge in [-0.1, -0.05) is 11.6 Å². The van der Waals surface area contributed by atoms with E-state index in [-0.39, 0.29) is 5.02 Å². The van der Waals surface area contributed by atoms with Crippen LogP contribution in [0.1, 0.15) is 5.56 Å². The van der Waals surface area contributed by atoms with Gasteiger partial charge in [-0.25, -0.2) is 13.4 Å². The molecule has 19 heavy (non-hydrogen) atoms. The number of hydrogen-bond acceptors (Lipinski definition) is 6. The summed E-state index contributed by atoms with van der Waals surface area (Å²) in [5.41, 5.74) is 0.303. The highest BCUT2D eigenvalue weighted by molar-refractivity contribution is 8.01. The maximum atomic E-state index is 11.8. The van der Waals surface area contributed by atoms with Crippen molar-refractivity contribution < 1.29 is 8.42 Å². The molecule has 1 aliphatic rings. The van der Waals surface area contributed by atoms with E-state index in [1.165, 1.54) is 18.5 Å². The molecule has 1 aromatic rings. The molecule has 0 bridgehead atoms. The van der Waals surface area contributed by atoms with Crippen LogP contribution in [-0.2, 0) is 9.84 Å². The van der Waals surface area contributed by atoms with Gasteiger partial charge in [0.05, 0.1) is 5.56 Å². The van der Waals surface area contributed by atoms with Crippen LogP contribution in [0.3, 0.4) is 0 Å². The van der Waals surface area contributed by atoms with E-state index in [4.69, 9.17) is 16.9 Å². The Balaban J connectivity index is 2.47. The van der Waals surface area contributed by atoms with Crippen LogP contribution in [-0.4, -0.2) is 43.1 Å². The highest BCUT2D eigenvalue weighted by Crippen LogP contribution is 2.32. The molecule has 1 unspecified atom stereocenters. The van der Waals surface area contributed by atoms with Crippen molar-refractivity contribution in [2.75, 3.05) is 29.2 Å². The highest BCUT2D eigenvalue weighted by atomic mass is 35.5. The number of hydrogen-bond donors (Lipinski definition) is 0. The van der Waals surface area contributed by atoms with Gasteiger partial charge < -0.3 is 4.90 Å². The van der Waals surface area contributed by atoms with Crippen molar-refractivity contribution in [3.63, 3.8) is 0 Å². The first-order valence-electron chi connectivity index (χ1n) is 5.53. The van der Waals surface area contributed by atoms with Gasteiger partial charge in [0.1, 0.15) is 22.3 Å². The van der Waals surface area contributed by atoms with E-state index >= 15 is 0 Å². The summed E-state index contributed by atoms with van der Waals surface area (Å²) in [5, 5.41) is 8.53. The third-order valence-corrected chi connectivity index (χ3v) is 5.86. The van der Waals surface area contributed by atoms with Gasteiger partial charge in [-0.15, -0.1) is 0 Å². The molecule has 5 nitrogen and oxygen atoms in total. The Morgan fingerprint density at radius 2 is 2.37 bits per heavy atom. The molecule has 2 rings (SSSR count). The maximum Gasteiger partial charge on any atom is 0.169 e. The molecule has 2 heterocycles. The van der Waals surface area contributed by atoms with Gasteiger partial charge in [-0.05, 0) is 6.07 Å². The summed E-state index contributed by atoms with van der Waals surface area (Å²) in [6, 6.07) is 3.49. The molecule has 0 N–H and O–H groups in total. The highest BCUT2D eigenvalue weighted by Gasteiger charge is 2.33. The van der Waals surface area contributed by atoms with Crippen molar-refractivity contribution in [3.05, 3.63) is 22.8 Å². The van der Waals surface area contributed by atoms with Crippen LogP contribution >= 0.6 is 23.4 Å². The van der Waals surface area contributed by atoms with Crippen LogP contribution < -0.4 is 4.90 Å². The smallest absolute Gasteiger partial charge is 0.169 e. The average Bonchev–Trinajstić information content (AvgIpc) is 2.38. The lowest BCUT2D eigenvalue weighted by Gasteiger charge is -2.35. The standard InChI is InChI=1S/C11H12ClN3O2S2/c1-19(16,17)9-7-18-5-4-15(9)11-10(12)8(6-13)2-3-14-11/h2-3,9H,4-5,7H2,1H3. The van der Waals surface area contributed by atoms with E-state index in [2.05, 4.69) is 4.98 Å². The fourth-order valence-electron chi connectivity index (χ4n) is 1.90. The number of anilines is 1. The van der Waals surface area contributed by atoms with Crippen LogP contribution in [0.4, 0.5) is 5.82 Å². The second-order valence-electron chi connectivity index (χ2n) is 4.16. The molecule has 0 spiro atoms. The van der Waals surface area contributed by atoms with Crippen molar-refractivity contribution in [2.24, 2.45) is 0 Å². The normalized spacial score (nSPS) is 20.1. The summed E-state index contributed by atoms with van der Waals surface area (Å²) in [6.07, 6.45) is 2.68. The second kappa shape index (κ2) is 5.57. The number of rotatable bonds is 2. The lowest BCUT2D eigenvalue weighted by molar-refractivity contribution is 0.583. The van der Waals surface area contributed by atoms with Crippen LogP contribution in [0.25, 0.3) is 0 Å². The van der Waals surface area contributed by atoms with Gasteiger partial charge in [0, 0.05) is 30.5 Å². The summed E-state index contributed by atoms with van der Waals surface area (Å²) >= 11 is 7.72. The average molecular weight is 318 g/mol. The Hall–Kier alpha value is -0.970. The van der Waals surface area contributed by atoms with Crippen molar-refractivity contribution >= 4 is 39.0 Å². The van der Waals surface area contributed by atoms with Crippen molar-refractivity contribution in [3.8, 4) is 6.07 Å². The molecular weight excluding hydrogens is 306 g/mol. The van der Waals surface area contributed by atoms with Crippen LogP contribution in [0.2, 0.25) is 5.02 Å². The van der Waals surface area contributed by atoms with E-state index in [9.17, 15) is 8.42 Å². The summed E-state index contributed by atoms with van der Waals surface area (Å²) in [6.45, 7) is 0.546. The predicted molar refractivity (Wildman–Crippen MR) is 77.3 cm³/mol. The Bertz CT molecular complexity index is 627. The van der Waals surface area contributed by atoms with E-state index in [1.807, 2.05) is 6.07 Å². The fourth-order valence-corrected chi connectivity index (χ4v) is 4.98. The van der Waals surface area contributed by atoms with E-state index < -0.39 is 15.2 Å². The number of aromatic nitrogens is 1. The molecule has 1 aromatic heterocycles. The second-order valence-corrected chi connectivity index (χ2v) is 7.89. The molecule has 0 aromatic carbocycles. The Labute approximate surface area is 121 Å². The van der Waals surface area contributed by atoms with Gasteiger partial charge >= 0.3 is 0 Å². The van der Waals surface area contributed by atoms with Gasteiger partial charge in [0.25, 0.3) is 0 Å². The van der Waals surface area contributed by atoms with Crippen LogP contribution in [0.5, 0.6) is 0 Å². The first kappa shape index (κ1) is 14.4. The zero-order valence-electron chi connectivity index (χ0n) is 10.2. The van der Waals surface area contributed by atoms with Gasteiger partial charge in [-0.3, -0.25) is 0 Å². The SMILES string of the molecule is CS(=O)(=O)C1CSCCN1c1nccc(C#N)c1Cl. The number of pyridine rings is 1. The number of halogens is 1. The monoisotopic (exact) mass is 317 g/mol. The molecule has 1 atom stereocenters. The Morgan fingerprint density at radius 1 is 1.63 bits per heavy atom. The first-order chi connectivity index (χ1) is 8.95. The predicted octanol–water partition coefficient (Wildman–Crippen LogP) is 1.53. The van der Waals surface area contributed by atoms with Crippen molar-refractivity contribution in [1.82, 2.24) is 4.98 Å². The molecule has 0 aliphatic carbocycles. The van der Waals surface area contributed by atoms with Gasteiger partial charge in [0.15, 0.2) is 9.84 Å². The minimum Gasteiger partial charge on any atom is -0.337 e. The molecule has 0 amide bonds. The third kappa shape index (κ3) is 2.96. The minimum atomic E-state index is -3.24. The van der Waals surface area contributed by atoms with Crippen LogP contribution in [0, 0.1) is 11.3 Å². The summed E-state index contributed by atoms with van der Waals surface area (Å²) in [7, 11) is -3.24. The molecule has 1 fully saturated rings. The maximum absolute atomic E-state index is 11.8. The lowest BCUT2D eigenvalue weighted by atomic mass is 10.2. The van der Waals surface area contributed by atoms with E-state index in [1.54, 1.807) is 16.7 Å². The first-order valence-corrected chi connectivity index (χ1v) is 9.01. The largest absolute Gasteiger partial charge is 0.337 e. The number of sulfone groups is 1. The number of nitriles is 1. The van der Waals surface area contributed by atoms with Crippen molar-refractivity contribution in [1.29, 1.82) is 5.26 Å². The molecule has 8 heteroatoms. The summed E-state index contributed by atoms with van der Waals surface area (Å²) in [4.78, 5) is 5.82. The van der Waals surface area contributed by atoms with Crippen LogP contribution in [0.15, 0.2) is 12.3 Å². The zero-order valence-corrected chi connectivity index (χ0v) is 12.6. The molecule has 0 saturated carbocycles. The Kier molecular flexibility index (Phi) is 4.23. The van der Waals surface area contributed by atoms with E-state index in [0.29, 0.717) is 23.7 Å². The fraction of sp³-hybridized carbons (Fsp3) is 0.455. The topological polar surface area (TPSA) is 74.1 Å². The summed E-state index contributed by atoms with van der Waals surface area (Å²) in [5.74, 6) is 1.66. The number of thioether (sulfide) groups is 1. The molecule has 1 aliphatic heterocycles.